The lowest BCUT2D eigenvalue weighted by molar-refractivity contribution is 0.0655. The third kappa shape index (κ3) is 2.66. The molecule has 0 atom stereocenters. The highest BCUT2D eigenvalue weighted by Gasteiger charge is 2.34. The average Bonchev–Trinajstić information content (AvgIpc) is 2.85. The van der Waals surface area contributed by atoms with Gasteiger partial charge in [-0.2, -0.15) is 0 Å². The Balaban J connectivity index is 1.82. The molecule has 3 rings (SSSR count). The van der Waals surface area contributed by atoms with Crippen molar-refractivity contribution in [3.8, 4) is 5.88 Å². The molecule has 1 aromatic heterocycles. The van der Waals surface area contributed by atoms with Crippen molar-refractivity contribution in [1.29, 1.82) is 0 Å². The van der Waals surface area contributed by atoms with Crippen molar-refractivity contribution in [2.24, 2.45) is 0 Å². The highest BCUT2D eigenvalue weighted by Crippen LogP contribution is 2.25. The first-order chi connectivity index (χ1) is 11.6. The second-order valence-corrected chi connectivity index (χ2v) is 5.81. The van der Waals surface area contributed by atoms with Crippen LogP contribution in [0.5, 0.6) is 5.88 Å². The first kappa shape index (κ1) is 16.2. The fourth-order valence-corrected chi connectivity index (χ4v) is 3.06. The Morgan fingerprint density at radius 1 is 1.08 bits per heavy atom. The van der Waals surface area contributed by atoms with Crippen molar-refractivity contribution in [2.75, 3.05) is 13.7 Å². The van der Waals surface area contributed by atoms with Crippen LogP contribution in [0.25, 0.3) is 0 Å². The van der Waals surface area contributed by atoms with Crippen molar-refractivity contribution >= 4 is 11.8 Å². The largest absolute Gasteiger partial charge is 0.481 e. The molecule has 1 aliphatic rings. The zero-order valence-electron chi connectivity index (χ0n) is 14.1. The number of ether oxygens (including phenoxy) is 1. The molecule has 0 radical (unpaired) electrons. The van der Waals surface area contributed by atoms with E-state index in [9.17, 15) is 9.59 Å². The molecule has 5 heteroatoms. The number of carbonyl (C=O) groups is 2. The maximum atomic E-state index is 12.4. The van der Waals surface area contributed by atoms with Crippen molar-refractivity contribution in [3.63, 3.8) is 0 Å². The van der Waals surface area contributed by atoms with E-state index >= 15 is 0 Å². The van der Waals surface area contributed by atoms with Gasteiger partial charge in [-0.05, 0) is 43.5 Å². The summed E-state index contributed by atoms with van der Waals surface area (Å²) in [6.07, 6.45) is 1.40. The van der Waals surface area contributed by atoms with E-state index < -0.39 is 0 Å². The first-order valence-electron chi connectivity index (χ1n) is 8.05. The van der Waals surface area contributed by atoms with Gasteiger partial charge in [-0.1, -0.05) is 19.1 Å². The van der Waals surface area contributed by atoms with Crippen LogP contribution >= 0.6 is 0 Å². The van der Waals surface area contributed by atoms with Gasteiger partial charge in [0.1, 0.15) is 0 Å². The molecule has 124 valence electrons. The van der Waals surface area contributed by atoms with Gasteiger partial charge in [-0.25, -0.2) is 4.98 Å². The molecule has 0 N–H and O–H groups in total. The van der Waals surface area contributed by atoms with E-state index in [1.807, 2.05) is 6.92 Å². The van der Waals surface area contributed by atoms with Gasteiger partial charge in [0.05, 0.1) is 18.2 Å². The summed E-state index contributed by atoms with van der Waals surface area (Å²) < 4.78 is 5.36. The Morgan fingerprint density at radius 3 is 2.25 bits per heavy atom. The predicted molar refractivity (Wildman–Crippen MR) is 90.4 cm³/mol. The highest BCUT2D eigenvalue weighted by molar-refractivity contribution is 6.21. The Labute approximate surface area is 141 Å². The summed E-state index contributed by atoms with van der Waals surface area (Å²) in [7, 11) is 1.58. The quantitative estimate of drug-likeness (QED) is 0.794. The topological polar surface area (TPSA) is 59.5 Å². The SMILES string of the molecule is CCc1cc(CCN2C(=O)c3ccccc3C2=O)c(OC)nc1C. The number of pyridine rings is 1. The minimum atomic E-state index is -0.231. The van der Waals surface area contributed by atoms with E-state index in [4.69, 9.17) is 4.74 Å². The summed E-state index contributed by atoms with van der Waals surface area (Å²) in [6, 6.07) is 8.98. The molecule has 2 heterocycles. The van der Waals surface area contributed by atoms with Crippen LogP contribution in [0.1, 0.15) is 44.5 Å². The van der Waals surface area contributed by atoms with E-state index in [1.54, 1.807) is 31.4 Å². The van der Waals surface area contributed by atoms with Gasteiger partial charge in [0.25, 0.3) is 11.8 Å². The standard InChI is InChI=1S/C19H20N2O3/c1-4-13-11-14(17(24-3)20-12(13)2)9-10-21-18(22)15-7-5-6-8-16(15)19(21)23/h5-8,11H,4,9-10H2,1-3H3. The van der Waals surface area contributed by atoms with Crippen molar-refractivity contribution in [3.05, 3.63) is 58.3 Å². The van der Waals surface area contributed by atoms with Gasteiger partial charge in [-0.15, -0.1) is 0 Å². The Morgan fingerprint density at radius 2 is 1.71 bits per heavy atom. The lowest BCUT2D eigenvalue weighted by atomic mass is 10.1. The molecular formula is C19H20N2O3. The number of methoxy groups -OCH3 is 1. The number of rotatable bonds is 5. The molecule has 0 saturated heterocycles. The maximum Gasteiger partial charge on any atom is 0.261 e. The molecule has 0 aliphatic carbocycles. The number of amides is 2. The summed E-state index contributed by atoms with van der Waals surface area (Å²) in [4.78, 5) is 30.6. The van der Waals surface area contributed by atoms with Crippen LogP contribution in [0.3, 0.4) is 0 Å². The fourth-order valence-electron chi connectivity index (χ4n) is 3.06. The normalized spacial score (nSPS) is 13.4. The van der Waals surface area contributed by atoms with Gasteiger partial charge < -0.3 is 4.74 Å². The highest BCUT2D eigenvalue weighted by atomic mass is 16.5. The molecule has 0 fully saturated rings. The summed E-state index contributed by atoms with van der Waals surface area (Å²) in [5, 5.41) is 0. The summed E-state index contributed by atoms with van der Waals surface area (Å²) in [5.41, 5.74) is 3.96. The number of fused-ring (bicyclic) bond motifs is 1. The minimum absolute atomic E-state index is 0.231. The number of hydrogen-bond donors (Lipinski definition) is 0. The molecular weight excluding hydrogens is 304 g/mol. The van der Waals surface area contributed by atoms with Gasteiger partial charge in [0.15, 0.2) is 0 Å². The molecule has 1 aromatic carbocycles. The van der Waals surface area contributed by atoms with E-state index in [-0.39, 0.29) is 11.8 Å². The molecule has 0 saturated carbocycles. The Bertz CT molecular complexity index is 779. The second kappa shape index (κ2) is 6.43. The number of hydrogen-bond acceptors (Lipinski definition) is 4. The van der Waals surface area contributed by atoms with Crippen LogP contribution in [0.2, 0.25) is 0 Å². The number of aromatic nitrogens is 1. The van der Waals surface area contributed by atoms with Crippen LogP contribution in [-0.2, 0) is 12.8 Å². The molecule has 0 spiro atoms. The molecule has 24 heavy (non-hydrogen) atoms. The first-order valence-corrected chi connectivity index (χ1v) is 8.05. The van der Waals surface area contributed by atoms with Crippen LogP contribution in [-0.4, -0.2) is 35.4 Å². The van der Waals surface area contributed by atoms with Gasteiger partial charge in [0.2, 0.25) is 5.88 Å². The third-order valence-electron chi connectivity index (χ3n) is 4.41. The van der Waals surface area contributed by atoms with Gasteiger partial charge in [0, 0.05) is 17.8 Å². The van der Waals surface area contributed by atoms with Crippen LogP contribution in [0, 0.1) is 6.92 Å². The molecule has 0 unspecified atom stereocenters. The minimum Gasteiger partial charge on any atom is -0.481 e. The predicted octanol–water partition coefficient (Wildman–Crippen LogP) is 2.80. The van der Waals surface area contributed by atoms with E-state index in [0.717, 1.165) is 23.2 Å². The average molecular weight is 324 g/mol. The fraction of sp³-hybridized carbons (Fsp3) is 0.316. The van der Waals surface area contributed by atoms with E-state index in [2.05, 4.69) is 18.0 Å². The third-order valence-corrected chi connectivity index (χ3v) is 4.41. The van der Waals surface area contributed by atoms with E-state index in [0.29, 0.717) is 30.0 Å². The molecule has 0 bridgehead atoms. The lowest BCUT2D eigenvalue weighted by Crippen LogP contribution is -2.31. The molecule has 2 amide bonds. The van der Waals surface area contributed by atoms with Gasteiger partial charge >= 0.3 is 0 Å². The van der Waals surface area contributed by atoms with Crippen molar-refractivity contribution in [1.82, 2.24) is 9.88 Å². The molecule has 2 aromatic rings. The van der Waals surface area contributed by atoms with Crippen molar-refractivity contribution < 1.29 is 14.3 Å². The van der Waals surface area contributed by atoms with E-state index in [1.165, 1.54) is 4.90 Å². The number of imide groups is 1. The second-order valence-electron chi connectivity index (χ2n) is 5.81. The summed E-state index contributed by atoms with van der Waals surface area (Å²) in [5.74, 6) is 0.0945. The molecule has 1 aliphatic heterocycles. The Hall–Kier alpha value is -2.69. The molecule has 5 nitrogen and oxygen atoms in total. The van der Waals surface area contributed by atoms with Crippen molar-refractivity contribution in [2.45, 2.75) is 26.7 Å². The maximum absolute atomic E-state index is 12.4. The number of carbonyl (C=O) groups excluding carboxylic acids is 2. The zero-order chi connectivity index (χ0) is 17.3. The number of aryl methyl sites for hydroxylation is 2. The monoisotopic (exact) mass is 324 g/mol. The summed E-state index contributed by atoms with van der Waals surface area (Å²) in [6.45, 7) is 4.34. The van der Waals surface area contributed by atoms with Crippen LogP contribution in [0.4, 0.5) is 0 Å². The van der Waals surface area contributed by atoms with Gasteiger partial charge in [-0.3, -0.25) is 14.5 Å². The number of benzene rings is 1. The lowest BCUT2D eigenvalue weighted by Gasteiger charge is -2.16. The Kier molecular flexibility index (Phi) is 4.34. The summed E-state index contributed by atoms with van der Waals surface area (Å²) >= 11 is 0. The number of nitrogens with zero attached hydrogens (tertiary/aromatic N) is 2. The van der Waals surface area contributed by atoms with Crippen LogP contribution < -0.4 is 4.74 Å². The zero-order valence-corrected chi connectivity index (χ0v) is 14.1. The van der Waals surface area contributed by atoms with Crippen LogP contribution in [0.15, 0.2) is 30.3 Å². The smallest absolute Gasteiger partial charge is 0.261 e.